The fraction of sp³-hybridized carbons (Fsp3) is 0.308. The second-order valence-corrected chi connectivity index (χ2v) is 13.8. The van der Waals surface area contributed by atoms with Gasteiger partial charge in [-0.2, -0.15) is 5.26 Å². The van der Waals surface area contributed by atoms with Gasteiger partial charge in [-0.3, -0.25) is 9.59 Å². The molecular weight excluding hydrogens is 633 g/mol. The summed E-state index contributed by atoms with van der Waals surface area (Å²) in [5.41, 5.74) is 3.42. The lowest BCUT2D eigenvalue weighted by Crippen LogP contribution is -2.40. The average Bonchev–Trinajstić information content (AvgIpc) is 3.84. The highest BCUT2D eigenvalue weighted by Crippen LogP contribution is 2.49. The van der Waals surface area contributed by atoms with Gasteiger partial charge in [-0.25, -0.2) is 14.4 Å². The molecule has 3 aliphatic rings. The number of phenols is 1. The summed E-state index contributed by atoms with van der Waals surface area (Å²) >= 11 is 0. The largest absolute Gasteiger partial charge is 0.508 e. The molecule has 2 bridgehead atoms. The van der Waals surface area contributed by atoms with Crippen LogP contribution in [0.4, 0.5) is 4.39 Å². The first kappa shape index (κ1) is 31.7. The number of carbonyl (C=O) groups is 1. The molecule has 1 amide bonds. The number of phenolic OH excluding ortho intramolecular Hbond substituents is 1. The van der Waals surface area contributed by atoms with Crippen molar-refractivity contribution in [3.05, 3.63) is 88.4 Å². The van der Waals surface area contributed by atoms with Gasteiger partial charge < -0.3 is 24.5 Å². The van der Waals surface area contributed by atoms with Gasteiger partial charge in [0.15, 0.2) is 5.82 Å². The second-order valence-electron chi connectivity index (χ2n) is 13.8. The van der Waals surface area contributed by atoms with E-state index in [0.29, 0.717) is 50.5 Å². The molecule has 1 aliphatic carbocycles. The van der Waals surface area contributed by atoms with E-state index < -0.39 is 11.7 Å². The van der Waals surface area contributed by atoms with E-state index in [4.69, 9.17) is 9.97 Å². The quantitative estimate of drug-likeness (QED) is 0.220. The smallest absolute Gasteiger partial charge is 0.250 e. The Hall–Kier alpha value is -5.60. The van der Waals surface area contributed by atoms with Crippen molar-refractivity contribution in [2.75, 3.05) is 20.6 Å². The summed E-state index contributed by atoms with van der Waals surface area (Å²) in [5.74, 6) is -0.427. The van der Waals surface area contributed by atoms with Gasteiger partial charge in [0, 0.05) is 68.9 Å². The predicted octanol–water partition coefficient (Wildman–Crippen LogP) is 5.80. The monoisotopic (exact) mass is 669 g/mol. The van der Waals surface area contributed by atoms with Crippen LogP contribution in [0, 0.1) is 23.1 Å². The van der Waals surface area contributed by atoms with Crippen molar-refractivity contribution in [3.8, 4) is 34.2 Å². The number of carbonyl (C=O) groups excluding carboxylic acids is 1. The molecule has 1 saturated carbocycles. The van der Waals surface area contributed by atoms with E-state index in [1.165, 1.54) is 10.6 Å². The lowest BCUT2D eigenvalue weighted by molar-refractivity contribution is -0.130. The maximum atomic E-state index is 17.7. The van der Waals surface area contributed by atoms with E-state index in [9.17, 15) is 20.0 Å². The van der Waals surface area contributed by atoms with E-state index in [2.05, 4.69) is 16.0 Å². The summed E-state index contributed by atoms with van der Waals surface area (Å²) in [6.45, 7) is 2.68. The normalized spacial score (nSPS) is 18.8. The zero-order valence-corrected chi connectivity index (χ0v) is 28.2. The van der Waals surface area contributed by atoms with Crippen LogP contribution in [0.3, 0.4) is 0 Å². The van der Waals surface area contributed by atoms with Crippen LogP contribution in [0.2, 0.25) is 0 Å². The highest BCUT2D eigenvalue weighted by atomic mass is 19.1. The van der Waals surface area contributed by atoms with Crippen LogP contribution >= 0.6 is 0 Å². The molecule has 4 unspecified atom stereocenters. The molecule has 10 nitrogen and oxygen atoms in total. The van der Waals surface area contributed by atoms with E-state index in [-0.39, 0.29) is 53.2 Å². The van der Waals surface area contributed by atoms with Crippen LogP contribution in [0.25, 0.3) is 55.1 Å². The average molecular weight is 670 g/mol. The molecule has 0 spiro atoms. The minimum absolute atomic E-state index is 0.00560. The van der Waals surface area contributed by atoms with Gasteiger partial charge in [-0.1, -0.05) is 24.3 Å². The van der Waals surface area contributed by atoms with Crippen LogP contribution < -0.4 is 10.9 Å². The number of aryl methyl sites for hydroxylation is 2. The lowest BCUT2D eigenvalue weighted by atomic mass is 9.79. The fourth-order valence-electron chi connectivity index (χ4n) is 8.08. The third-order valence-electron chi connectivity index (χ3n) is 10.5. The standard InChI is InChI=1S/C39H36FN7O3/c1-20(39(50)45(2)3)38-44-35-33(23-11-12-30(49)46(4)19-23)43-34-28(37(35)47(38)36-24-16-29(36)42-18-24)15-22(9-7-13-41)31(32(34)40)27-17-25(48)14-21-8-5-6-10-26(21)27/h5-6,8,10-12,14-15,17,19-20,24,29,36,42,48H,7,9,16,18H2,1-4H3. The van der Waals surface area contributed by atoms with Crippen molar-refractivity contribution >= 4 is 38.6 Å². The zero-order chi connectivity index (χ0) is 35.0. The molecule has 3 aromatic carbocycles. The Kier molecular flexibility index (Phi) is 7.45. The molecule has 3 fully saturated rings. The maximum absolute atomic E-state index is 17.7. The van der Waals surface area contributed by atoms with Crippen LogP contribution in [0.15, 0.2) is 65.6 Å². The summed E-state index contributed by atoms with van der Waals surface area (Å²) in [6, 6.07) is 18.1. The van der Waals surface area contributed by atoms with Gasteiger partial charge in [0.1, 0.15) is 28.3 Å². The van der Waals surface area contributed by atoms with Crippen molar-refractivity contribution < 1.29 is 14.3 Å². The number of rotatable bonds is 7. The summed E-state index contributed by atoms with van der Waals surface area (Å²) in [4.78, 5) is 37.7. The third kappa shape index (κ3) is 4.77. The van der Waals surface area contributed by atoms with Gasteiger partial charge in [0.2, 0.25) is 11.5 Å². The number of nitrogens with zero attached hydrogens (tertiary/aromatic N) is 6. The Morgan fingerprint density at radius 1 is 1.14 bits per heavy atom. The Morgan fingerprint density at radius 3 is 2.64 bits per heavy atom. The summed E-state index contributed by atoms with van der Waals surface area (Å²) in [6.07, 6.45) is 3.07. The molecule has 2 aliphatic heterocycles. The van der Waals surface area contributed by atoms with E-state index in [1.54, 1.807) is 50.4 Å². The number of aromatic hydroxyl groups is 1. The maximum Gasteiger partial charge on any atom is 0.250 e. The number of halogens is 1. The minimum Gasteiger partial charge on any atom is -0.508 e. The first-order valence-corrected chi connectivity index (χ1v) is 16.8. The highest BCUT2D eigenvalue weighted by Gasteiger charge is 2.50. The molecule has 3 aromatic heterocycles. The van der Waals surface area contributed by atoms with Gasteiger partial charge in [0.25, 0.3) is 0 Å². The number of fused-ring (bicyclic) bond motifs is 5. The van der Waals surface area contributed by atoms with Crippen molar-refractivity contribution in [2.24, 2.45) is 13.0 Å². The fourth-order valence-corrected chi connectivity index (χ4v) is 8.08. The number of benzene rings is 3. The van der Waals surface area contributed by atoms with E-state index in [0.717, 1.165) is 23.7 Å². The van der Waals surface area contributed by atoms with Crippen LogP contribution in [0.1, 0.15) is 43.1 Å². The number of pyridine rings is 2. The van der Waals surface area contributed by atoms with Gasteiger partial charge in [-0.05, 0) is 71.8 Å². The molecule has 4 atom stereocenters. The van der Waals surface area contributed by atoms with E-state index in [1.807, 2.05) is 37.3 Å². The number of aromatic nitrogens is 4. The molecule has 0 radical (unpaired) electrons. The van der Waals surface area contributed by atoms with Crippen molar-refractivity contribution in [2.45, 2.75) is 44.2 Å². The van der Waals surface area contributed by atoms with Gasteiger partial charge >= 0.3 is 0 Å². The first-order chi connectivity index (χ1) is 24.1. The Morgan fingerprint density at radius 2 is 1.94 bits per heavy atom. The molecule has 2 saturated heterocycles. The molecule has 11 heteroatoms. The lowest BCUT2D eigenvalue weighted by Gasteiger charge is -2.38. The van der Waals surface area contributed by atoms with Crippen LogP contribution in [-0.2, 0) is 18.3 Å². The first-order valence-electron chi connectivity index (χ1n) is 16.8. The Labute approximate surface area is 287 Å². The molecule has 50 heavy (non-hydrogen) atoms. The summed E-state index contributed by atoms with van der Waals surface area (Å²) < 4.78 is 21.3. The molecule has 252 valence electrons. The Balaban J connectivity index is 1.54. The summed E-state index contributed by atoms with van der Waals surface area (Å²) in [5, 5.41) is 26.1. The number of amides is 1. The number of nitriles is 1. The van der Waals surface area contributed by atoms with Crippen molar-refractivity contribution in [3.63, 3.8) is 0 Å². The number of hydrogen-bond acceptors (Lipinski definition) is 7. The molecule has 2 N–H and O–H groups in total. The molecule has 6 aromatic rings. The number of hydrogen-bond donors (Lipinski definition) is 2. The SMILES string of the molecule is CC(C(=O)N(C)C)c1nc2c(-c3ccc(=O)n(C)c3)nc3c(F)c(-c4cc(O)cc5ccccc45)c(CCC#N)cc3c2n1C1C2CNC1C2. The minimum atomic E-state index is -0.610. The van der Waals surface area contributed by atoms with Crippen LogP contribution in [-0.4, -0.2) is 61.7 Å². The zero-order valence-electron chi connectivity index (χ0n) is 28.2. The number of imidazole rings is 1. The Bertz CT molecular complexity index is 2480. The number of nitrogens with one attached hydrogen (secondary N) is 1. The molecule has 5 heterocycles. The van der Waals surface area contributed by atoms with Gasteiger partial charge in [0.05, 0.1) is 23.5 Å². The molecular formula is C39H36FN7O3. The van der Waals surface area contributed by atoms with Crippen LogP contribution in [0.5, 0.6) is 5.75 Å². The number of likely N-dealkylation sites (N-methyl/N-ethyl adjacent to an activating group) is 1. The predicted molar refractivity (Wildman–Crippen MR) is 190 cm³/mol. The van der Waals surface area contributed by atoms with Crippen molar-refractivity contribution in [1.29, 1.82) is 5.26 Å². The van der Waals surface area contributed by atoms with Gasteiger partial charge in [-0.15, -0.1) is 0 Å². The molecule has 9 rings (SSSR count). The second kappa shape index (κ2) is 11.8. The topological polar surface area (TPSA) is 129 Å². The third-order valence-corrected chi connectivity index (χ3v) is 10.5. The van der Waals surface area contributed by atoms with Crippen molar-refractivity contribution in [1.82, 2.24) is 29.3 Å². The highest BCUT2D eigenvalue weighted by molar-refractivity contribution is 6.11. The summed E-state index contributed by atoms with van der Waals surface area (Å²) in [7, 11) is 5.09. The van der Waals surface area contributed by atoms with E-state index >= 15 is 4.39 Å².